The lowest BCUT2D eigenvalue weighted by Gasteiger charge is -2.08. The summed E-state index contributed by atoms with van der Waals surface area (Å²) >= 11 is 0. The van der Waals surface area contributed by atoms with Crippen molar-refractivity contribution in [3.05, 3.63) is 60.3 Å². The molecule has 3 aromatic heterocycles. The van der Waals surface area contributed by atoms with E-state index in [-0.39, 0.29) is 30.6 Å². The SMILES string of the molecule is Cn1ncc(NC(=O)Cn2nnc3ccccc32)c1C(=O)NCc1ccco1. The molecule has 0 radical (unpaired) electrons. The summed E-state index contributed by atoms with van der Waals surface area (Å²) in [6.07, 6.45) is 2.96. The highest BCUT2D eigenvalue weighted by atomic mass is 16.3. The molecule has 142 valence electrons. The lowest BCUT2D eigenvalue weighted by atomic mass is 10.3. The molecule has 0 saturated carbocycles. The van der Waals surface area contributed by atoms with Gasteiger partial charge in [-0.3, -0.25) is 14.3 Å². The van der Waals surface area contributed by atoms with Gasteiger partial charge in [0.15, 0.2) is 0 Å². The molecule has 0 aliphatic heterocycles. The second-order valence-electron chi connectivity index (χ2n) is 6.08. The first-order chi connectivity index (χ1) is 13.6. The summed E-state index contributed by atoms with van der Waals surface area (Å²) in [5.74, 6) is -0.0965. The van der Waals surface area contributed by atoms with Gasteiger partial charge in [0.2, 0.25) is 5.91 Å². The van der Waals surface area contributed by atoms with Gasteiger partial charge in [0.25, 0.3) is 5.91 Å². The van der Waals surface area contributed by atoms with Crippen molar-refractivity contribution >= 4 is 28.5 Å². The molecule has 0 atom stereocenters. The molecule has 0 saturated heterocycles. The molecule has 0 aliphatic carbocycles. The van der Waals surface area contributed by atoms with Crippen molar-refractivity contribution in [1.29, 1.82) is 0 Å². The van der Waals surface area contributed by atoms with Gasteiger partial charge in [-0.25, -0.2) is 4.68 Å². The first-order valence-electron chi connectivity index (χ1n) is 8.52. The van der Waals surface area contributed by atoms with E-state index >= 15 is 0 Å². The molecule has 0 unspecified atom stereocenters. The average Bonchev–Trinajstić information content (AvgIpc) is 3.41. The number of hydrogen-bond donors (Lipinski definition) is 2. The van der Waals surface area contributed by atoms with E-state index in [1.807, 2.05) is 24.3 Å². The number of anilines is 1. The van der Waals surface area contributed by atoms with Crippen LogP contribution in [0.4, 0.5) is 5.69 Å². The predicted octanol–water partition coefficient (Wildman–Crippen LogP) is 1.33. The number of fused-ring (bicyclic) bond motifs is 1. The van der Waals surface area contributed by atoms with E-state index < -0.39 is 0 Å². The number of benzene rings is 1. The summed E-state index contributed by atoms with van der Waals surface area (Å²) in [6.45, 7) is 0.193. The average molecular weight is 379 g/mol. The van der Waals surface area contributed by atoms with Gasteiger partial charge in [0.1, 0.15) is 23.5 Å². The van der Waals surface area contributed by atoms with Gasteiger partial charge in [-0.1, -0.05) is 17.3 Å². The maximum atomic E-state index is 12.5. The van der Waals surface area contributed by atoms with E-state index in [2.05, 4.69) is 26.0 Å². The monoisotopic (exact) mass is 379 g/mol. The summed E-state index contributed by atoms with van der Waals surface area (Å²) in [4.78, 5) is 25.0. The van der Waals surface area contributed by atoms with Crippen LogP contribution in [0.15, 0.2) is 53.3 Å². The first kappa shape index (κ1) is 17.5. The molecule has 1 aromatic carbocycles. The van der Waals surface area contributed by atoms with Crippen molar-refractivity contribution in [2.24, 2.45) is 7.05 Å². The normalized spacial score (nSPS) is 10.9. The molecule has 2 amide bonds. The van der Waals surface area contributed by atoms with Crippen LogP contribution in [0.5, 0.6) is 0 Å². The minimum absolute atomic E-state index is 0.0388. The van der Waals surface area contributed by atoms with Gasteiger partial charge in [-0.05, 0) is 24.3 Å². The van der Waals surface area contributed by atoms with Crippen LogP contribution in [0.2, 0.25) is 0 Å². The molecular formula is C18H17N7O3. The van der Waals surface area contributed by atoms with Crippen LogP contribution in [0, 0.1) is 0 Å². The fourth-order valence-corrected chi connectivity index (χ4v) is 2.82. The fraction of sp³-hybridized carbons (Fsp3) is 0.167. The zero-order valence-corrected chi connectivity index (χ0v) is 15.0. The number of nitrogens with one attached hydrogen (secondary N) is 2. The van der Waals surface area contributed by atoms with E-state index in [1.165, 1.54) is 21.8 Å². The highest BCUT2D eigenvalue weighted by Crippen LogP contribution is 2.15. The van der Waals surface area contributed by atoms with Gasteiger partial charge in [0, 0.05) is 7.05 Å². The van der Waals surface area contributed by atoms with Crippen LogP contribution >= 0.6 is 0 Å². The van der Waals surface area contributed by atoms with Crippen molar-refractivity contribution in [2.45, 2.75) is 13.1 Å². The van der Waals surface area contributed by atoms with Crippen LogP contribution in [0.25, 0.3) is 11.0 Å². The second kappa shape index (κ2) is 7.35. The third-order valence-electron chi connectivity index (χ3n) is 4.14. The minimum Gasteiger partial charge on any atom is -0.467 e. The Balaban J connectivity index is 1.46. The Hall–Kier alpha value is -3.95. The summed E-state index contributed by atoms with van der Waals surface area (Å²) in [6, 6.07) is 10.9. The Morgan fingerprint density at radius 3 is 2.86 bits per heavy atom. The van der Waals surface area contributed by atoms with E-state index in [0.29, 0.717) is 17.0 Å². The largest absolute Gasteiger partial charge is 0.467 e. The van der Waals surface area contributed by atoms with Crippen LogP contribution < -0.4 is 10.6 Å². The number of para-hydroxylation sites is 1. The quantitative estimate of drug-likeness (QED) is 0.521. The number of carbonyl (C=O) groups excluding carboxylic acids is 2. The number of rotatable bonds is 6. The maximum absolute atomic E-state index is 12.5. The molecule has 0 spiro atoms. The summed E-state index contributed by atoms with van der Waals surface area (Å²) in [5.41, 5.74) is 2.01. The van der Waals surface area contributed by atoms with Gasteiger partial charge >= 0.3 is 0 Å². The molecule has 28 heavy (non-hydrogen) atoms. The third kappa shape index (κ3) is 3.47. The van der Waals surface area contributed by atoms with Gasteiger partial charge < -0.3 is 15.1 Å². The summed E-state index contributed by atoms with van der Waals surface area (Å²) in [7, 11) is 1.63. The lowest BCUT2D eigenvalue weighted by molar-refractivity contribution is -0.116. The smallest absolute Gasteiger partial charge is 0.272 e. The molecular weight excluding hydrogens is 362 g/mol. The molecule has 0 fully saturated rings. The zero-order chi connectivity index (χ0) is 19.5. The lowest BCUT2D eigenvalue weighted by Crippen LogP contribution is -2.27. The molecule has 0 bridgehead atoms. The van der Waals surface area contributed by atoms with Crippen LogP contribution in [-0.4, -0.2) is 36.6 Å². The van der Waals surface area contributed by atoms with E-state index in [9.17, 15) is 9.59 Å². The van der Waals surface area contributed by atoms with Crippen molar-refractivity contribution in [2.75, 3.05) is 5.32 Å². The number of amides is 2. The molecule has 10 heteroatoms. The highest BCUT2D eigenvalue weighted by molar-refractivity contribution is 6.02. The Bertz CT molecular complexity index is 1130. The van der Waals surface area contributed by atoms with Crippen LogP contribution in [0.1, 0.15) is 16.2 Å². The number of aryl methyl sites for hydroxylation is 1. The minimum atomic E-state index is -0.377. The topological polar surface area (TPSA) is 120 Å². The number of furan rings is 1. The fourth-order valence-electron chi connectivity index (χ4n) is 2.82. The third-order valence-corrected chi connectivity index (χ3v) is 4.14. The number of aromatic nitrogens is 5. The number of hydrogen-bond acceptors (Lipinski definition) is 6. The highest BCUT2D eigenvalue weighted by Gasteiger charge is 2.19. The number of carbonyl (C=O) groups is 2. The molecule has 10 nitrogen and oxygen atoms in total. The predicted molar refractivity (Wildman–Crippen MR) is 99.2 cm³/mol. The Morgan fingerprint density at radius 1 is 1.18 bits per heavy atom. The molecule has 4 rings (SSSR count). The van der Waals surface area contributed by atoms with Gasteiger partial charge in [0.05, 0.1) is 30.2 Å². The maximum Gasteiger partial charge on any atom is 0.272 e. The standard InChI is InChI=1S/C18H17N7O3/c1-24-17(18(27)19-9-12-5-4-8-28-12)14(10-20-24)21-16(26)11-25-15-7-3-2-6-13(15)22-23-25/h2-8,10H,9,11H2,1H3,(H,19,27)(H,21,26). The van der Waals surface area contributed by atoms with Crippen molar-refractivity contribution in [3.8, 4) is 0 Å². The van der Waals surface area contributed by atoms with E-state index in [1.54, 1.807) is 19.2 Å². The second-order valence-corrected chi connectivity index (χ2v) is 6.08. The van der Waals surface area contributed by atoms with E-state index in [4.69, 9.17) is 4.42 Å². The molecule has 4 aromatic rings. The molecule has 0 aliphatic rings. The molecule has 2 N–H and O–H groups in total. The number of nitrogens with zero attached hydrogens (tertiary/aromatic N) is 5. The van der Waals surface area contributed by atoms with Gasteiger partial charge in [-0.15, -0.1) is 5.10 Å². The van der Waals surface area contributed by atoms with E-state index in [0.717, 1.165) is 5.52 Å². The van der Waals surface area contributed by atoms with Gasteiger partial charge in [-0.2, -0.15) is 5.10 Å². The van der Waals surface area contributed by atoms with Crippen LogP contribution in [0.3, 0.4) is 0 Å². The van der Waals surface area contributed by atoms with Crippen molar-refractivity contribution < 1.29 is 14.0 Å². The first-order valence-corrected chi connectivity index (χ1v) is 8.52. The van der Waals surface area contributed by atoms with Crippen molar-refractivity contribution in [3.63, 3.8) is 0 Å². The molecule has 3 heterocycles. The summed E-state index contributed by atoms with van der Waals surface area (Å²) < 4.78 is 8.10. The Labute approximate surface area is 159 Å². The Morgan fingerprint density at radius 2 is 2.04 bits per heavy atom. The van der Waals surface area contributed by atoms with Crippen molar-refractivity contribution in [1.82, 2.24) is 30.1 Å². The zero-order valence-electron chi connectivity index (χ0n) is 15.0. The van der Waals surface area contributed by atoms with Crippen LogP contribution in [-0.2, 0) is 24.9 Å². The summed E-state index contributed by atoms with van der Waals surface area (Å²) in [5, 5.41) is 17.5. The Kier molecular flexibility index (Phi) is 4.58.